The number of rotatable bonds is 7. The number of nitrogens with zero attached hydrogens (tertiary/aromatic N) is 4. The fourth-order valence-corrected chi connectivity index (χ4v) is 4.25. The summed E-state index contributed by atoms with van der Waals surface area (Å²) in [5.41, 5.74) is 8.77. The van der Waals surface area contributed by atoms with E-state index in [0.29, 0.717) is 0 Å². The van der Waals surface area contributed by atoms with Crippen LogP contribution in [0.15, 0.2) is 115 Å². The summed E-state index contributed by atoms with van der Waals surface area (Å²) < 4.78 is 0. The van der Waals surface area contributed by atoms with Gasteiger partial charge in [0.2, 0.25) is 0 Å². The number of allylic oxidation sites excluding steroid dienone is 12. The lowest BCUT2D eigenvalue weighted by Crippen LogP contribution is -1.91. The van der Waals surface area contributed by atoms with E-state index >= 15 is 0 Å². The maximum absolute atomic E-state index is 4.92. The largest absolute Gasteiger partial charge is 0.249 e. The molecule has 0 amide bonds. The van der Waals surface area contributed by atoms with Crippen LogP contribution < -0.4 is 0 Å². The third-order valence-electron chi connectivity index (χ3n) is 5.92. The first-order chi connectivity index (χ1) is 15.7. The number of aliphatic imine (C=N–C) groups is 4. The summed E-state index contributed by atoms with van der Waals surface area (Å²) in [5, 5.41) is 0. The van der Waals surface area contributed by atoms with E-state index in [1.807, 2.05) is 42.5 Å². The highest BCUT2D eigenvalue weighted by Gasteiger charge is 2.16. The van der Waals surface area contributed by atoms with E-state index in [9.17, 15) is 0 Å². The molecule has 0 aliphatic carbocycles. The third kappa shape index (κ3) is 4.91. The quantitative estimate of drug-likeness (QED) is 0.412. The molecule has 160 valence electrons. The van der Waals surface area contributed by atoms with Crippen LogP contribution in [0.1, 0.15) is 51.9 Å². The summed E-state index contributed by atoms with van der Waals surface area (Å²) in [6.45, 7) is 2.26. The summed E-state index contributed by atoms with van der Waals surface area (Å²) in [5.74, 6) is 0. The highest BCUT2D eigenvalue weighted by molar-refractivity contribution is 6.15. The van der Waals surface area contributed by atoms with Crippen molar-refractivity contribution in [2.24, 2.45) is 20.0 Å². The Bertz CT molecular complexity index is 1180. The van der Waals surface area contributed by atoms with Gasteiger partial charge in [-0.2, -0.15) is 0 Å². The molecular weight excluding hydrogens is 392 g/mol. The third-order valence-corrected chi connectivity index (χ3v) is 5.92. The first-order valence-electron chi connectivity index (χ1n) is 11.7. The second-order valence-corrected chi connectivity index (χ2v) is 8.57. The van der Waals surface area contributed by atoms with Crippen LogP contribution in [-0.2, 0) is 0 Å². The molecule has 5 heterocycles. The van der Waals surface area contributed by atoms with E-state index in [0.717, 1.165) is 52.1 Å². The molecule has 0 aromatic carbocycles. The van der Waals surface area contributed by atoms with Crippen molar-refractivity contribution in [2.45, 2.75) is 51.9 Å². The average Bonchev–Trinajstić information content (AvgIpc) is 3.56. The minimum atomic E-state index is 0.904. The molecule has 5 aliphatic heterocycles. The second kappa shape index (κ2) is 9.39. The molecule has 0 spiro atoms. The monoisotopic (exact) mass is 420 g/mol. The zero-order valence-electron chi connectivity index (χ0n) is 18.6. The van der Waals surface area contributed by atoms with Gasteiger partial charge in [0.15, 0.2) is 0 Å². The molecule has 32 heavy (non-hydrogen) atoms. The maximum atomic E-state index is 4.92. The van der Waals surface area contributed by atoms with Crippen molar-refractivity contribution in [3.63, 3.8) is 0 Å². The van der Waals surface area contributed by atoms with Gasteiger partial charge in [-0.15, -0.1) is 0 Å². The Kier molecular flexibility index (Phi) is 6.02. The topological polar surface area (TPSA) is 49.4 Å². The Hall–Kier alpha value is -3.40. The Balaban J connectivity index is 1.43. The normalized spacial score (nSPS) is 20.3. The molecule has 4 heteroatoms. The van der Waals surface area contributed by atoms with Gasteiger partial charge in [-0.05, 0) is 85.3 Å². The van der Waals surface area contributed by atoms with Gasteiger partial charge in [0.25, 0.3) is 0 Å². The fourth-order valence-electron chi connectivity index (χ4n) is 4.25. The molecule has 5 aliphatic rings. The van der Waals surface area contributed by atoms with Crippen LogP contribution in [0.2, 0.25) is 0 Å². The van der Waals surface area contributed by atoms with Gasteiger partial charge >= 0.3 is 0 Å². The highest BCUT2D eigenvalue weighted by Crippen LogP contribution is 2.28. The van der Waals surface area contributed by atoms with Crippen molar-refractivity contribution in [1.82, 2.24) is 0 Å². The Morgan fingerprint density at radius 2 is 1.03 bits per heavy atom. The minimum Gasteiger partial charge on any atom is -0.249 e. The average molecular weight is 421 g/mol. The summed E-state index contributed by atoms with van der Waals surface area (Å²) >= 11 is 0. The molecular formula is C28H28N4. The summed E-state index contributed by atoms with van der Waals surface area (Å²) in [6, 6.07) is 0. The van der Waals surface area contributed by atoms with Crippen LogP contribution in [0.4, 0.5) is 0 Å². The molecule has 0 unspecified atom stereocenters. The van der Waals surface area contributed by atoms with E-state index in [1.165, 1.54) is 44.1 Å². The highest BCUT2D eigenvalue weighted by atomic mass is 14.8. The first kappa shape index (κ1) is 20.5. The number of unbranched alkanes of at least 4 members (excludes halogenated alkanes) is 5. The van der Waals surface area contributed by atoms with Gasteiger partial charge in [0.1, 0.15) is 0 Å². The van der Waals surface area contributed by atoms with Crippen LogP contribution in [0.5, 0.6) is 0 Å². The van der Waals surface area contributed by atoms with E-state index in [-0.39, 0.29) is 0 Å². The van der Waals surface area contributed by atoms with Gasteiger partial charge in [-0.3, -0.25) is 0 Å². The molecule has 0 N–H and O–H groups in total. The number of hydrogen-bond acceptors (Lipinski definition) is 4. The van der Waals surface area contributed by atoms with Crippen molar-refractivity contribution < 1.29 is 0 Å². The molecule has 0 saturated carbocycles. The van der Waals surface area contributed by atoms with E-state index < -0.39 is 0 Å². The van der Waals surface area contributed by atoms with Crippen molar-refractivity contribution in [2.75, 3.05) is 0 Å². The zero-order valence-corrected chi connectivity index (χ0v) is 18.6. The molecule has 4 nitrogen and oxygen atoms in total. The molecule has 8 bridgehead atoms. The molecule has 0 aromatic heterocycles. The van der Waals surface area contributed by atoms with E-state index in [4.69, 9.17) is 15.0 Å². The van der Waals surface area contributed by atoms with Crippen molar-refractivity contribution in [3.05, 3.63) is 95.2 Å². The SMILES string of the molecule is CCCCCCCCC1=CC2=NC1=CC1=NC(=CC3=NC(=CC4=NC(=C2)C=C4)C=C3)C=C1. The predicted molar refractivity (Wildman–Crippen MR) is 136 cm³/mol. The number of fused-ring (bicyclic) bond motifs is 4. The lowest BCUT2D eigenvalue weighted by Gasteiger charge is -2.04. The summed E-state index contributed by atoms with van der Waals surface area (Å²) in [6.07, 6.45) is 31.4. The maximum Gasteiger partial charge on any atom is 0.0691 e. The van der Waals surface area contributed by atoms with Crippen LogP contribution in [0.25, 0.3) is 0 Å². The standard InChI is InChI=1S/C28H28N4/c1-2-3-4-5-6-7-8-20-15-27-18-25-12-11-23(30-25)16-21-9-10-22(29-21)17-24-13-14-26(31-24)19-28(20)32-27/h9-19H,2-8H2,1H3. The van der Waals surface area contributed by atoms with Crippen molar-refractivity contribution >= 4 is 22.8 Å². The summed E-state index contributed by atoms with van der Waals surface area (Å²) in [7, 11) is 0. The molecule has 0 aromatic rings. The van der Waals surface area contributed by atoms with E-state index in [2.05, 4.69) is 36.2 Å². The van der Waals surface area contributed by atoms with Gasteiger partial charge in [0, 0.05) is 0 Å². The second-order valence-electron chi connectivity index (χ2n) is 8.57. The lowest BCUT2D eigenvalue weighted by molar-refractivity contribution is 0.607. The van der Waals surface area contributed by atoms with Gasteiger partial charge in [-0.25, -0.2) is 20.0 Å². The van der Waals surface area contributed by atoms with Crippen LogP contribution >= 0.6 is 0 Å². The molecule has 0 radical (unpaired) electrons. The van der Waals surface area contributed by atoms with Crippen LogP contribution in [0, 0.1) is 0 Å². The number of hydrogen-bond donors (Lipinski definition) is 0. The Morgan fingerprint density at radius 3 is 1.66 bits per heavy atom. The Morgan fingerprint density at radius 1 is 0.500 bits per heavy atom. The van der Waals surface area contributed by atoms with Gasteiger partial charge < -0.3 is 0 Å². The smallest absolute Gasteiger partial charge is 0.0691 e. The lowest BCUT2D eigenvalue weighted by atomic mass is 10.0. The molecule has 5 rings (SSSR count). The first-order valence-corrected chi connectivity index (χ1v) is 11.7. The molecule has 0 saturated heterocycles. The zero-order chi connectivity index (χ0) is 21.8. The summed E-state index contributed by atoms with van der Waals surface area (Å²) in [4.78, 5) is 19.1. The molecule has 0 fully saturated rings. The van der Waals surface area contributed by atoms with E-state index in [1.54, 1.807) is 0 Å². The predicted octanol–water partition coefficient (Wildman–Crippen LogP) is 6.70. The van der Waals surface area contributed by atoms with Crippen molar-refractivity contribution in [1.29, 1.82) is 0 Å². The van der Waals surface area contributed by atoms with Gasteiger partial charge in [0.05, 0.1) is 45.6 Å². The van der Waals surface area contributed by atoms with Crippen molar-refractivity contribution in [3.8, 4) is 0 Å². The fraction of sp³-hybridized carbons (Fsp3) is 0.286. The van der Waals surface area contributed by atoms with Gasteiger partial charge in [-0.1, -0.05) is 39.0 Å². The molecule has 0 atom stereocenters. The minimum absolute atomic E-state index is 0.904. The van der Waals surface area contributed by atoms with Crippen LogP contribution in [-0.4, -0.2) is 22.8 Å². The Labute approximate surface area is 190 Å². The van der Waals surface area contributed by atoms with Crippen LogP contribution in [0.3, 0.4) is 0 Å².